The van der Waals surface area contributed by atoms with Crippen LogP contribution in [-0.2, 0) is 0 Å². The number of aliphatic imine (C=N–C) groups is 1. The molecule has 0 aliphatic rings. The summed E-state index contributed by atoms with van der Waals surface area (Å²) in [5, 5.41) is 1.16. The van der Waals surface area contributed by atoms with Crippen molar-refractivity contribution in [1.29, 1.82) is 0 Å². The van der Waals surface area contributed by atoms with Crippen molar-refractivity contribution < 1.29 is 4.42 Å². The zero-order valence-electron chi connectivity index (χ0n) is 14.8. The molecule has 0 spiro atoms. The molecule has 0 radical (unpaired) electrons. The van der Waals surface area contributed by atoms with Gasteiger partial charge in [0.1, 0.15) is 5.52 Å². The summed E-state index contributed by atoms with van der Waals surface area (Å²) in [7, 11) is 0. The number of aromatic nitrogens is 1. The summed E-state index contributed by atoms with van der Waals surface area (Å²) >= 11 is 12.1. The molecule has 0 saturated carbocycles. The number of benzene rings is 3. The SMILES string of the molecule is Cc1cc(C)c2oc(-c3cccc(N=Cc4ccc(Cl)cc4Cl)c3)nc2c1. The topological polar surface area (TPSA) is 38.4 Å². The lowest BCUT2D eigenvalue weighted by molar-refractivity contribution is 0.617. The fourth-order valence-electron chi connectivity index (χ4n) is 2.97. The number of aryl methyl sites for hydroxylation is 2. The molecule has 0 N–H and O–H groups in total. The Labute approximate surface area is 167 Å². The summed E-state index contributed by atoms with van der Waals surface area (Å²) in [5.74, 6) is 0.584. The summed E-state index contributed by atoms with van der Waals surface area (Å²) in [6, 6.07) is 17.2. The second-order valence-electron chi connectivity index (χ2n) is 6.42. The lowest BCUT2D eigenvalue weighted by Crippen LogP contribution is -1.83. The minimum absolute atomic E-state index is 0.562. The molecule has 1 heterocycles. The van der Waals surface area contributed by atoms with Gasteiger partial charge in [0.15, 0.2) is 5.58 Å². The van der Waals surface area contributed by atoms with E-state index in [1.165, 1.54) is 0 Å². The first kappa shape index (κ1) is 17.8. The smallest absolute Gasteiger partial charge is 0.227 e. The Morgan fingerprint density at radius 3 is 2.67 bits per heavy atom. The van der Waals surface area contributed by atoms with E-state index in [4.69, 9.17) is 27.6 Å². The van der Waals surface area contributed by atoms with Crippen LogP contribution in [0.1, 0.15) is 16.7 Å². The van der Waals surface area contributed by atoms with Crippen molar-refractivity contribution >= 4 is 46.2 Å². The molecular formula is C22H16Cl2N2O. The molecule has 0 atom stereocenters. The van der Waals surface area contributed by atoms with Gasteiger partial charge in [-0.15, -0.1) is 0 Å². The van der Waals surface area contributed by atoms with E-state index in [1.807, 2.05) is 43.3 Å². The van der Waals surface area contributed by atoms with Gasteiger partial charge in [-0.1, -0.05) is 41.4 Å². The van der Waals surface area contributed by atoms with Gasteiger partial charge in [-0.3, -0.25) is 4.99 Å². The van der Waals surface area contributed by atoms with Crippen LogP contribution in [0, 0.1) is 13.8 Å². The van der Waals surface area contributed by atoms with E-state index in [2.05, 4.69) is 23.0 Å². The molecule has 27 heavy (non-hydrogen) atoms. The third-order valence-corrected chi connectivity index (χ3v) is 4.79. The van der Waals surface area contributed by atoms with Gasteiger partial charge in [0.25, 0.3) is 0 Å². The fourth-order valence-corrected chi connectivity index (χ4v) is 3.43. The van der Waals surface area contributed by atoms with Crippen LogP contribution >= 0.6 is 23.2 Å². The van der Waals surface area contributed by atoms with Crippen molar-refractivity contribution in [2.24, 2.45) is 4.99 Å². The predicted molar refractivity (Wildman–Crippen MR) is 113 cm³/mol. The molecule has 0 amide bonds. The standard InChI is InChI=1S/C22H16Cl2N2O/c1-13-8-14(2)21-20(9-13)26-22(27-21)15-4-3-5-18(10-15)25-12-16-6-7-17(23)11-19(16)24/h3-12H,1-2H3. The molecule has 3 aromatic carbocycles. The number of fused-ring (bicyclic) bond motifs is 1. The zero-order valence-corrected chi connectivity index (χ0v) is 16.3. The second kappa shape index (κ2) is 7.18. The zero-order chi connectivity index (χ0) is 19.0. The van der Waals surface area contributed by atoms with Gasteiger partial charge in [0.05, 0.1) is 10.7 Å². The van der Waals surface area contributed by atoms with Crippen molar-refractivity contribution in [3.05, 3.63) is 81.3 Å². The summed E-state index contributed by atoms with van der Waals surface area (Å²) in [5.41, 5.74) is 6.39. The Balaban J connectivity index is 1.68. The lowest BCUT2D eigenvalue weighted by Gasteiger charge is -2.00. The average Bonchev–Trinajstić information content (AvgIpc) is 3.06. The highest BCUT2D eigenvalue weighted by atomic mass is 35.5. The van der Waals surface area contributed by atoms with Crippen molar-refractivity contribution in [2.75, 3.05) is 0 Å². The predicted octanol–water partition coefficient (Wildman–Crippen LogP) is 7.17. The van der Waals surface area contributed by atoms with Crippen LogP contribution in [-0.4, -0.2) is 11.2 Å². The van der Waals surface area contributed by atoms with E-state index in [0.717, 1.165) is 39.0 Å². The highest BCUT2D eigenvalue weighted by Gasteiger charge is 2.11. The van der Waals surface area contributed by atoms with Gasteiger partial charge in [-0.2, -0.15) is 0 Å². The number of rotatable bonds is 3. The number of nitrogens with zero attached hydrogens (tertiary/aromatic N) is 2. The van der Waals surface area contributed by atoms with Crippen LogP contribution in [0.25, 0.3) is 22.6 Å². The molecular weight excluding hydrogens is 379 g/mol. The van der Waals surface area contributed by atoms with E-state index in [0.29, 0.717) is 15.9 Å². The second-order valence-corrected chi connectivity index (χ2v) is 7.27. The quantitative estimate of drug-likeness (QED) is 0.345. The van der Waals surface area contributed by atoms with E-state index < -0.39 is 0 Å². The van der Waals surface area contributed by atoms with E-state index in [1.54, 1.807) is 18.3 Å². The maximum Gasteiger partial charge on any atom is 0.227 e. The molecule has 0 saturated heterocycles. The van der Waals surface area contributed by atoms with Crippen LogP contribution in [0.15, 0.2) is 64.0 Å². The first-order valence-electron chi connectivity index (χ1n) is 8.47. The van der Waals surface area contributed by atoms with Crippen LogP contribution in [0.3, 0.4) is 0 Å². The van der Waals surface area contributed by atoms with Crippen LogP contribution in [0.5, 0.6) is 0 Å². The average molecular weight is 395 g/mol. The summed E-state index contributed by atoms with van der Waals surface area (Å²) in [6.45, 7) is 4.08. The van der Waals surface area contributed by atoms with E-state index in [-0.39, 0.29) is 0 Å². The Kier molecular flexibility index (Phi) is 4.73. The van der Waals surface area contributed by atoms with Gasteiger partial charge in [0.2, 0.25) is 5.89 Å². The van der Waals surface area contributed by atoms with Crippen molar-refractivity contribution in [3.8, 4) is 11.5 Å². The first-order valence-corrected chi connectivity index (χ1v) is 9.22. The molecule has 0 fully saturated rings. The summed E-state index contributed by atoms with van der Waals surface area (Å²) in [4.78, 5) is 9.15. The third kappa shape index (κ3) is 3.75. The minimum Gasteiger partial charge on any atom is -0.436 e. The van der Waals surface area contributed by atoms with Crippen molar-refractivity contribution in [1.82, 2.24) is 4.98 Å². The molecule has 5 heteroatoms. The highest BCUT2D eigenvalue weighted by Crippen LogP contribution is 2.29. The minimum atomic E-state index is 0.562. The van der Waals surface area contributed by atoms with Crippen LogP contribution < -0.4 is 0 Å². The van der Waals surface area contributed by atoms with Crippen LogP contribution in [0.4, 0.5) is 5.69 Å². The molecule has 0 aliphatic carbocycles. The van der Waals surface area contributed by atoms with E-state index in [9.17, 15) is 0 Å². The molecule has 4 rings (SSSR count). The number of hydrogen-bond acceptors (Lipinski definition) is 3. The van der Waals surface area contributed by atoms with Crippen LogP contribution in [0.2, 0.25) is 10.0 Å². The van der Waals surface area contributed by atoms with Gasteiger partial charge in [-0.25, -0.2) is 4.98 Å². The highest BCUT2D eigenvalue weighted by molar-refractivity contribution is 6.36. The van der Waals surface area contributed by atoms with E-state index >= 15 is 0 Å². The van der Waals surface area contributed by atoms with Crippen molar-refractivity contribution in [2.45, 2.75) is 13.8 Å². The van der Waals surface area contributed by atoms with Gasteiger partial charge in [-0.05, 0) is 61.4 Å². The Morgan fingerprint density at radius 1 is 1.00 bits per heavy atom. The monoisotopic (exact) mass is 394 g/mol. The maximum atomic E-state index is 6.19. The van der Waals surface area contributed by atoms with Gasteiger partial charge < -0.3 is 4.42 Å². The normalized spacial score (nSPS) is 11.6. The third-order valence-electron chi connectivity index (χ3n) is 4.23. The summed E-state index contributed by atoms with van der Waals surface area (Å²) in [6.07, 6.45) is 1.72. The van der Waals surface area contributed by atoms with Crippen molar-refractivity contribution in [3.63, 3.8) is 0 Å². The number of halogens is 2. The fraction of sp³-hybridized carbons (Fsp3) is 0.0909. The molecule has 3 nitrogen and oxygen atoms in total. The Morgan fingerprint density at radius 2 is 1.85 bits per heavy atom. The molecule has 1 aromatic heterocycles. The molecule has 0 unspecified atom stereocenters. The number of oxazole rings is 1. The first-order chi connectivity index (χ1) is 13.0. The Hall–Kier alpha value is -2.62. The lowest BCUT2D eigenvalue weighted by atomic mass is 10.1. The molecule has 4 aromatic rings. The molecule has 0 bridgehead atoms. The van der Waals surface area contributed by atoms with Gasteiger partial charge >= 0.3 is 0 Å². The number of hydrogen-bond donors (Lipinski definition) is 0. The largest absolute Gasteiger partial charge is 0.436 e. The maximum absolute atomic E-state index is 6.19. The Bertz CT molecular complexity index is 1180. The molecule has 134 valence electrons. The van der Waals surface area contributed by atoms with Gasteiger partial charge in [0, 0.05) is 22.4 Å². The molecule has 0 aliphatic heterocycles. The summed E-state index contributed by atoms with van der Waals surface area (Å²) < 4.78 is 5.99.